The first-order chi connectivity index (χ1) is 8.85. The van der Waals surface area contributed by atoms with Crippen LogP contribution in [0.25, 0.3) is 11.0 Å². The fourth-order valence-corrected chi connectivity index (χ4v) is 2.11. The summed E-state index contributed by atoms with van der Waals surface area (Å²) in [7, 11) is 0. The predicted octanol–water partition coefficient (Wildman–Crippen LogP) is 1.19. The van der Waals surface area contributed by atoms with Gasteiger partial charge in [-0.1, -0.05) is 0 Å². The highest BCUT2D eigenvalue weighted by Gasteiger charge is 2.08. The van der Waals surface area contributed by atoms with Crippen LogP contribution in [-0.4, -0.2) is 38.7 Å². The highest BCUT2D eigenvalue weighted by molar-refractivity contribution is 7.98. The Morgan fingerprint density at radius 1 is 1.39 bits per heavy atom. The SMILES string of the molecule is CSCCCCNc1nc(NN)nc2[nH]ncc12. The number of fused-ring (bicyclic) bond motifs is 1. The van der Waals surface area contributed by atoms with Crippen LogP contribution in [0, 0.1) is 0 Å². The lowest BCUT2D eigenvalue weighted by Gasteiger charge is -2.07. The molecule has 0 spiro atoms. The Kier molecular flexibility index (Phi) is 4.59. The number of aromatic nitrogens is 4. The zero-order valence-corrected chi connectivity index (χ0v) is 11.0. The van der Waals surface area contributed by atoms with E-state index in [1.807, 2.05) is 11.8 Å². The molecule has 0 aromatic carbocycles. The third kappa shape index (κ3) is 3.02. The normalized spacial score (nSPS) is 10.8. The van der Waals surface area contributed by atoms with Gasteiger partial charge in [0.1, 0.15) is 5.82 Å². The summed E-state index contributed by atoms with van der Waals surface area (Å²) < 4.78 is 0. The van der Waals surface area contributed by atoms with Gasteiger partial charge in [-0.15, -0.1) is 0 Å². The van der Waals surface area contributed by atoms with Gasteiger partial charge in [-0.05, 0) is 24.9 Å². The molecule has 18 heavy (non-hydrogen) atoms. The summed E-state index contributed by atoms with van der Waals surface area (Å²) in [5.74, 6) is 7.64. The van der Waals surface area contributed by atoms with Gasteiger partial charge in [-0.3, -0.25) is 10.5 Å². The average molecular weight is 267 g/mol. The van der Waals surface area contributed by atoms with Crippen molar-refractivity contribution >= 4 is 34.6 Å². The largest absolute Gasteiger partial charge is 0.369 e. The van der Waals surface area contributed by atoms with Crippen molar-refractivity contribution in [3.05, 3.63) is 6.20 Å². The molecule has 0 unspecified atom stereocenters. The lowest BCUT2D eigenvalue weighted by atomic mass is 10.3. The number of nitrogen functional groups attached to an aromatic ring is 1. The van der Waals surface area contributed by atoms with Crippen LogP contribution < -0.4 is 16.6 Å². The highest BCUT2D eigenvalue weighted by atomic mass is 32.2. The lowest BCUT2D eigenvalue weighted by molar-refractivity contribution is 0.840. The van der Waals surface area contributed by atoms with Crippen LogP contribution in [0.3, 0.4) is 0 Å². The van der Waals surface area contributed by atoms with Crippen LogP contribution in [-0.2, 0) is 0 Å². The van der Waals surface area contributed by atoms with E-state index in [9.17, 15) is 0 Å². The van der Waals surface area contributed by atoms with E-state index in [0.717, 1.165) is 24.2 Å². The molecule has 2 aromatic heterocycles. The number of nitrogens with zero attached hydrogens (tertiary/aromatic N) is 3. The van der Waals surface area contributed by atoms with Gasteiger partial charge in [0, 0.05) is 6.54 Å². The first-order valence-corrected chi connectivity index (χ1v) is 7.15. The third-order valence-corrected chi connectivity index (χ3v) is 3.20. The van der Waals surface area contributed by atoms with Crippen molar-refractivity contribution in [2.75, 3.05) is 29.3 Å². The zero-order chi connectivity index (χ0) is 12.8. The summed E-state index contributed by atoms with van der Waals surface area (Å²) in [5.41, 5.74) is 3.12. The monoisotopic (exact) mass is 267 g/mol. The fourth-order valence-electron chi connectivity index (χ4n) is 1.61. The van der Waals surface area contributed by atoms with Crippen molar-refractivity contribution < 1.29 is 0 Å². The van der Waals surface area contributed by atoms with E-state index in [4.69, 9.17) is 5.84 Å². The van der Waals surface area contributed by atoms with Crippen LogP contribution >= 0.6 is 11.8 Å². The molecule has 0 saturated carbocycles. The summed E-state index contributed by atoms with van der Waals surface area (Å²) in [5, 5.41) is 10.9. The van der Waals surface area contributed by atoms with Gasteiger partial charge in [-0.25, -0.2) is 5.84 Å². The molecule has 7 nitrogen and oxygen atoms in total. The van der Waals surface area contributed by atoms with Gasteiger partial charge in [0.2, 0.25) is 5.95 Å². The van der Waals surface area contributed by atoms with Gasteiger partial charge in [0.25, 0.3) is 0 Å². The molecule has 2 aromatic rings. The lowest BCUT2D eigenvalue weighted by Crippen LogP contribution is -2.12. The molecule has 2 heterocycles. The summed E-state index contributed by atoms with van der Waals surface area (Å²) >= 11 is 1.86. The molecule has 0 atom stereocenters. The number of hydrazine groups is 1. The second kappa shape index (κ2) is 6.41. The van der Waals surface area contributed by atoms with Gasteiger partial charge < -0.3 is 5.32 Å². The standard InChI is InChI=1S/C10H17N7S/c1-18-5-3-2-4-12-8-7-6-13-17-9(7)15-10(14-8)16-11/h6H,2-5,11H2,1H3,(H3,12,13,14,15,16,17). The second-order valence-electron chi connectivity index (χ2n) is 3.80. The molecule has 0 aliphatic rings. The molecule has 0 saturated heterocycles. The van der Waals surface area contributed by atoms with Crippen molar-refractivity contribution in [2.45, 2.75) is 12.8 Å². The molecule has 0 fully saturated rings. The minimum absolute atomic E-state index is 0.373. The first-order valence-electron chi connectivity index (χ1n) is 5.75. The Hall–Kier alpha value is -1.54. The summed E-state index contributed by atoms with van der Waals surface area (Å²) in [6.07, 6.45) is 6.12. The van der Waals surface area contributed by atoms with Crippen LogP contribution in [0.1, 0.15) is 12.8 Å². The minimum atomic E-state index is 0.373. The topological polar surface area (TPSA) is 105 Å². The van der Waals surface area contributed by atoms with E-state index in [2.05, 4.69) is 37.2 Å². The number of unbranched alkanes of at least 4 members (excludes halogenated alkanes) is 1. The number of anilines is 2. The van der Waals surface area contributed by atoms with Crippen LogP contribution in [0.15, 0.2) is 6.20 Å². The van der Waals surface area contributed by atoms with Crippen LogP contribution in [0.5, 0.6) is 0 Å². The fraction of sp³-hybridized carbons (Fsp3) is 0.500. The molecule has 2 rings (SSSR count). The Bertz CT molecular complexity index is 498. The van der Waals surface area contributed by atoms with Gasteiger partial charge in [-0.2, -0.15) is 26.8 Å². The average Bonchev–Trinajstić information content (AvgIpc) is 2.86. The number of rotatable bonds is 7. The molecular formula is C10H17N7S. The van der Waals surface area contributed by atoms with Crippen LogP contribution in [0.4, 0.5) is 11.8 Å². The molecule has 0 amide bonds. The molecule has 0 aliphatic heterocycles. The number of nitrogens with two attached hydrogens (primary N) is 1. The number of aromatic amines is 1. The predicted molar refractivity (Wildman–Crippen MR) is 75.6 cm³/mol. The Balaban J connectivity index is 2.04. The molecule has 0 aliphatic carbocycles. The maximum absolute atomic E-state index is 5.33. The van der Waals surface area contributed by atoms with Crippen molar-refractivity contribution in [3.8, 4) is 0 Å². The quantitative estimate of drug-likeness (QED) is 0.339. The van der Waals surface area contributed by atoms with E-state index >= 15 is 0 Å². The Morgan fingerprint density at radius 3 is 3.06 bits per heavy atom. The zero-order valence-electron chi connectivity index (χ0n) is 10.2. The van der Waals surface area contributed by atoms with E-state index in [-0.39, 0.29) is 0 Å². The number of H-pyrrole nitrogens is 1. The highest BCUT2D eigenvalue weighted by Crippen LogP contribution is 2.19. The first kappa shape index (κ1) is 12.9. The van der Waals surface area contributed by atoms with Crippen molar-refractivity contribution in [1.29, 1.82) is 0 Å². The number of nitrogens with one attached hydrogen (secondary N) is 3. The minimum Gasteiger partial charge on any atom is -0.369 e. The molecule has 5 N–H and O–H groups in total. The molecule has 0 radical (unpaired) electrons. The number of thioether (sulfide) groups is 1. The summed E-state index contributed by atoms with van der Waals surface area (Å²) in [4.78, 5) is 8.45. The Labute approximate surface area is 109 Å². The van der Waals surface area contributed by atoms with Gasteiger partial charge in [0.15, 0.2) is 5.65 Å². The maximum atomic E-state index is 5.33. The number of hydrogen-bond donors (Lipinski definition) is 4. The van der Waals surface area contributed by atoms with Crippen molar-refractivity contribution in [3.63, 3.8) is 0 Å². The second-order valence-corrected chi connectivity index (χ2v) is 4.78. The smallest absolute Gasteiger partial charge is 0.241 e. The van der Waals surface area contributed by atoms with Crippen LogP contribution in [0.2, 0.25) is 0 Å². The van der Waals surface area contributed by atoms with Crippen molar-refractivity contribution in [2.24, 2.45) is 5.84 Å². The summed E-state index contributed by atoms with van der Waals surface area (Å²) in [6.45, 7) is 0.877. The number of hydrogen-bond acceptors (Lipinski definition) is 7. The molecule has 8 heteroatoms. The maximum Gasteiger partial charge on any atom is 0.241 e. The van der Waals surface area contributed by atoms with E-state index in [1.54, 1.807) is 6.20 Å². The molecule has 0 bridgehead atoms. The van der Waals surface area contributed by atoms with Gasteiger partial charge in [0.05, 0.1) is 11.6 Å². The van der Waals surface area contributed by atoms with E-state index in [0.29, 0.717) is 11.6 Å². The Morgan fingerprint density at radius 2 is 2.28 bits per heavy atom. The van der Waals surface area contributed by atoms with Crippen molar-refractivity contribution in [1.82, 2.24) is 20.2 Å². The van der Waals surface area contributed by atoms with E-state index in [1.165, 1.54) is 12.2 Å². The molecular weight excluding hydrogens is 250 g/mol. The third-order valence-electron chi connectivity index (χ3n) is 2.51. The summed E-state index contributed by atoms with van der Waals surface area (Å²) in [6, 6.07) is 0. The van der Waals surface area contributed by atoms with E-state index < -0.39 is 0 Å². The molecule has 98 valence electrons. The van der Waals surface area contributed by atoms with Gasteiger partial charge >= 0.3 is 0 Å².